The van der Waals surface area contributed by atoms with Crippen LogP contribution < -0.4 is 5.32 Å². The van der Waals surface area contributed by atoms with E-state index in [1.807, 2.05) is 0 Å². The monoisotopic (exact) mass is 386 g/mol. The third-order valence-electron chi connectivity index (χ3n) is 4.46. The van der Waals surface area contributed by atoms with Crippen molar-refractivity contribution < 1.29 is 22.7 Å². The molecule has 2 heterocycles. The van der Waals surface area contributed by atoms with Gasteiger partial charge in [-0.15, -0.1) is 11.3 Å². The molecule has 9 heteroatoms. The van der Waals surface area contributed by atoms with E-state index in [0.29, 0.717) is 17.1 Å². The summed E-state index contributed by atoms with van der Waals surface area (Å²) in [6, 6.07) is 3.51. The molecule has 1 amide bonds. The lowest BCUT2D eigenvalue weighted by molar-refractivity contribution is -0.159. The maximum Gasteiger partial charge on any atom is 0.309 e. The van der Waals surface area contributed by atoms with Gasteiger partial charge in [-0.3, -0.25) is 9.59 Å². The number of thiophene rings is 1. The first-order valence-electron chi connectivity index (χ1n) is 8.42. The minimum atomic E-state index is -3.48. The van der Waals surface area contributed by atoms with E-state index in [-0.39, 0.29) is 31.0 Å². The molecule has 1 saturated carbocycles. The van der Waals surface area contributed by atoms with Gasteiger partial charge in [0.05, 0.1) is 5.92 Å². The fourth-order valence-corrected chi connectivity index (χ4v) is 5.35. The minimum Gasteiger partial charge on any atom is -0.452 e. The number of hydrogen-bond donors (Lipinski definition) is 1. The van der Waals surface area contributed by atoms with Crippen LogP contribution >= 0.6 is 11.3 Å². The van der Waals surface area contributed by atoms with Gasteiger partial charge in [0.15, 0.2) is 6.10 Å². The van der Waals surface area contributed by atoms with E-state index >= 15 is 0 Å². The Morgan fingerprint density at radius 3 is 2.52 bits per heavy atom. The van der Waals surface area contributed by atoms with Crippen LogP contribution in [0, 0.1) is 5.92 Å². The van der Waals surface area contributed by atoms with Crippen molar-refractivity contribution >= 4 is 33.2 Å². The molecule has 3 rings (SSSR count). The predicted molar refractivity (Wildman–Crippen MR) is 92.5 cm³/mol. The summed E-state index contributed by atoms with van der Waals surface area (Å²) in [5.74, 6) is -1.06. The van der Waals surface area contributed by atoms with Crippen molar-refractivity contribution in [3.63, 3.8) is 0 Å². The van der Waals surface area contributed by atoms with Gasteiger partial charge in [-0.2, -0.15) is 4.31 Å². The van der Waals surface area contributed by atoms with Crippen LogP contribution in [-0.4, -0.2) is 49.8 Å². The van der Waals surface area contributed by atoms with Gasteiger partial charge in [0.25, 0.3) is 15.9 Å². The van der Waals surface area contributed by atoms with Crippen LogP contribution in [0.4, 0.5) is 0 Å². The van der Waals surface area contributed by atoms with E-state index in [1.165, 1.54) is 15.6 Å². The number of nitrogens with one attached hydrogen (secondary N) is 1. The summed E-state index contributed by atoms with van der Waals surface area (Å²) in [5, 5.41) is 4.53. The minimum absolute atomic E-state index is 0.222. The highest BCUT2D eigenvalue weighted by Crippen LogP contribution is 2.27. The van der Waals surface area contributed by atoms with Gasteiger partial charge in [-0.05, 0) is 44.1 Å². The zero-order valence-electron chi connectivity index (χ0n) is 14.0. The number of nitrogens with zero attached hydrogens (tertiary/aromatic N) is 1. The van der Waals surface area contributed by atoms with E-state index < -0.39 is 22.1 Å². The van der Waals surface area contributed by atoms with Gasteiger partial charge in [0, 0.05) is 19.1 Å². The van der Waals surface area contributed by atoms with Crippen molar-refractivity contribution in [3.8, 4) is 0 Å². The highest BCUT2D eigenvalue weighted by molar-refractivity contribution is 7.91. The summed E-state index contributed by atoms with van der Waals surface area (Å²) in [6.07, 6.45) is 1.94. The molecule has 2 fully saturated rings. The summed E-state index contributed by atoms with van der Waals surface area (Å²) in [7, 11) is -3.48. The third-order valence-corrected chi connectivity index (χ3v) is 7.73. The first kappa shape index (κ1) is 18.3. The number of hydrogen-bond acceptors (Lipinski definition) is 6. The smallest absolute Gasteiger partial charge is 0.309 e. The Labute approximate surface area is 151 Å². The molecule has 138 valence electrons. The maximum atomic E-state index is 12.5. The van der Waals surface area contributed by atoms with E-state index in [0.717, 1.165) is 12.8 Å². The van der Waals surface area contributed by atoms with Crippen molar-refractivity contribution in [1.82, 2.24) is 9.62 Å². The zero-order valence-corrected chi connectivity index (χ0v) is 15.6. The van der Waals surface area contributed by atoms with Crippen LogP contribution in [0.2, 0.25) is 0 Å². The lowest BCUT2D eigenvalue weighted by Crippen LogP contribution is -2.42. The summed E-state index contributed by atoms with van der Waals surface area (Å²) >= 11 is 1.19. The number of amides is 1. The molecular weight excluding hydrogens is 364 g/mol. The molecule has 0 unspecified atom stereocenters. The van der Waals surface area contributed by atoms with Crippen molar-refractivity contribution in [2.75, 3.05) is 13.1 Å². The average molecular weight is 386 g/mol. The van der Waals surface area contributed by atoms with Crippen molar-refractivity contribution in [2.24, 2.45) is 5.92 Å². The Hall–Kier alpha value is -1.45. The SMILES string of the molecule is C[C@H](OC(=O)C1CCN(S(=O)(=O)c2cccs2)CC1)C(=O)NC1CC1. The lowest BCUT2D eigenvalue weighted by Gasteiger charge is -2.30. The van der Waals surface area contributed by atoms with Gasteiger partial charge in [0.2, 0.25) is 0 Å². The highest BCUT2D eigenvalue weighted by Gasteiger charge is 2.34. The fourth-order valence-electron chi connectivity index (χ4n) is 2.74. The van der Waals surface area contributed by atoms with Crippen LogP contribution in [0.1, 0.15) is 32.6 Å². The maximum absolute atomic E-state index is 12.5. The Bertz CT molecular complexity index is 720. The van der Waals surface area contributed by atoms with Crippen molar-refractivity contribution in [2.45, 2.75) is 49.0 Å². The number of carbonyl (C=O) groups excluding carboxylic acids is 2. The van der Waals surface area contributed by atoms with Crippen molar-refractivity contribution in [1.29, 1.82) is 0 Å². The topological polar surface area (TPSA) is 92.8 Å². The van der Waals surface area contributed by atoms with E-state index in [4.69, 9.17) is 4.74 Å². The predicted octanol–water partition coefficient (Wildman–Crippen LogP) is 1.36. The number of esters is 1. The molecular formula is C16H22N2O5S2. The number of rotatable bonds is 6. The summed E-state index contributed by atoms with van der Waals surface area (Å²) in [6.45, 7) is 2.12. The number of sulfonamides is 1. The first-order valence-corrected chi connectivity index (χ1v) is 10.7. The summed E-state index contributed by atoms with van der Waals surface area (Å²) < 4.78 is 31.9. The highest BCUT2D eigenvalue weighted by atomic mass is 32.2. The Morgan fingerprint density at radius 2 is 1.96 bits per heavy atom. The van der Waals surface area contributed by atoms with Gasteiger partial charge in [-0.1, -0.05) is 6.07 Å². The van der Waals surface area contributed by atoms with Gasteiger partial charge < -0.3 is 10.1 Å². The van der Waals surface area contributed by atoms with Gasteiger partial charge in [-0.25, -0.2) is 8.42 Å². The molecule has 1 saturated heterocycles. The second-order valence-corrected chi connectivity index (χ2v) is 9.58. The van der Waals surface area contributed by atoms with Crippen LogP contribution in [0.25, 0.3) is 0 Å². The quantitative estimate of drug-likeness (QED) is 0.745. The molecule has 1 aliphatic carbocycles. The number of carbonyl (C=O) groups is 2. The molecule has 1 atom stereocenters. The second kappa shape index (κ2) is 7.43. The van der Waals surface area contributed by atoms with Crippen LogP contribution in [0.5, 0.6) is 0 Å². The Kier molecular flexibility index (Phi) is 5.45. The fraction of sp³-hybridized carbons (Fsp3) is 0.625. The van der Waals surface area contributed by atoms with E-state index in [9.17, 15) is 18.0 Å². The zero-order chi connectivity index (χ0) is 18.0. The van der Waals surface area contributed by atoms with Crippen LogP contribution in [0.3, 0.4) is 0 Å². The van der Waals surface area contributed by atoms with Gasteiger partial charge >= 0.3 is 5.97 Å². The molecule has 1 N–H and O–H groups in total. The Morgan fingerprint density at radius 1 is 1.28 bits per heavy atom. The number of ether oxygens (including phenoxy) is 1. The normalized spacial score (nSPS) is 20.8. The molecule has 1 aromatic heterocycles. The summed E-state index contributed by atoms with van der Waals surface area (Å²) in [5.41, 5.74) is 0. The number of piperidine rings is 1. The van der Waals surface area contributed by atoms with E-state index in [2.05, 4.69) is 5.32 Å². The molecule has 1 aliphatic heterocycles. The molecule has 0 radical (unpaired) electrons. The molecule has 0 aromatic carbocycles. The molecule has 1 aromatic rings. The van der Waals surface area contributed by atoms with Crippen LogP contribution in [0.15, 0.2) is 21.7 Å². The largest absolute Gasteiger partial charge is 0.452 e. The van der Waals surface area contributed by atoms with Crippen LogP contribution in [-0.2, 0) is 24.3 Å². The third kappa shape index (κ3) is 4.39. The molecule has 2 aliphatic rings. The molecule has 25 heavy (non-hydrogen) atoms. The first-order chi connectivity index (χ1) is 11.9. The van der Waals surface area contributed by atoms with E-state index in [1.54, 1.807) is 24.4 Å². The standard InChI is InChI=1S/C16H22N2O5S2/c1-11(15(19)17-13-4-5-13)23-16(20)12-6-8-18(9-7-12)25(21,22)14-3-2-10-24-14/h2-3,10-13H,4-9H2,1H3,(H,17,19)/t11-/m0/s1. The van der Waals surface area contributed by atoms with Gasteiger partial charge in [0.1, 0.15) is 4.21 Å². The second-order valence-electron chi connectivity index (χ2n) is 6.47. The molecule has 0 spiro atoms. The summed E-state index contributed by atoms with van der Waals surface area (Å²) in [4.78, 5) is 24.1. The van der Waals surface area contributed by atoms with Crippen molar-refractivity contribution in [3.05, 3.63) is 17.5 Å². The average Bonchev–Trinajstić information content (AvgIpc) is 3.23. The molecule has 0 bridgehead atoms. The molecule has 7 nitrogen and oxygen atoms in total. The lowest BCUT2D eigenvalue weighted by atomic mass is 9.98. The Balaban J connectivity index is 1.49.